The summed E-state index contributed by atoms with van der Waals surface area (Å²) < 4.78 is 0. The molecule has 0 spiro atoms. The highest BCUT2D eigenvalue weighted by molar-refractivity contribution is 5.84. The van der Waals surface area contributed by atoms with Crippen LogP contribution in [-0.2, 0) is 11.2 Å². The quantitative estimate of drug-likeness (QED) is 0.882. The Hall–Kier alpha value is -1.35. The molecule has 98 valence electrons. The Morgan fingerprint density at radius 1 is 1.33 bits per heavy atom. The van der Waals surface area contributed by atoms with Gasteiger partial charge in [-0.3, -0.25) is 4.79 Å². The lowest BCUT2D eigenvalue weighted by atomic mass is 9.93. The lowest BCUT2D eigenvalue weighted by Crippen LogP contribution is -2.47. The van der Waals surface area contributed by atoms with Crippen molar-refractivity contribution in [3.8, 4) is 0 Å². The van der Waals surface area contributed by atoms with Gasteiger partial charge < -0.3 is 10.6 Å². The van der Waals surface area contributed by atoms with Crippen LogP contribution in [0.2, 0.25) is 0 Å². The summed E-state index contributed by atoms with van der Waals surface area (Å²) in [5.74, 6) is 0.105. The van der Waals surface area contributed by atoms with E-state index in [0.717, 1.165) is 25.8 Å². The number of carbonyl (C=O) groups is 1. The zero-order valence-electron chi connectivity index (χ0n) is 11.2. The second kappa shape index (κ2) is 5.11. The third-order valence-corrected chi connectivity index (χ3v) is 3.85. The van der Waals surface area contributed by atoms with Crippen molar-refractivity contribution in [3.05, 3.63) is 35.9 Å². The zero-order chi connectivity index (χ0) is 13.2. The molecule has 0 bridgehead atoms. The molecule has 1 unspecified atom stereocenters. The van der Waals surface area contributed by atoms with Gasteiger partial charge in [0.25, 0.3) is 0 Å². The number of nitrogens with two attached hydrogens (primary N) is 1. The zero-order valence-corrected chi connectivity index (χ0v) is 11.2. The van der Waals surface area contributed by atoms with Gasteiger partial charge in [0.1, 0.15) is 0 Å². The molecule has 1 aromatic carbocycles. The summed E-state index contributed by atoms with van der Waals surface area (Å²) in [6, 6.07) is 10.1. The monoisotopic (exact) mass is 246 g/mol. The van der Waals surface area contributed by atoms with E-state index in [-0.39, 0.29) is 17.5 Å². The molecule has 0 radical (unpaired) electrons. The number of carbonyl (C=O) groups excluding carboxylic acids is 1. The molecule has 1 aromatic rings. The Morgan fingerprint density at radius 2 is 2.00 bits per heavy atom. The molecule has 0 aliphatic carbocycles. The van der Waals surface area contributed by atoms with E-state index in [0.29, 0.717) is 0 Å². The van der Waals surface area contributed by atoms with E-state index in [2.05, 4.69) is 38.1 Å². The lowest BCUT2D eigenvalue weighted by Gasteiger charge is -2.36. The van der Waals surface area contributed by atoms with Gasteiger partial charge in [-0.15, -0.1) is 0 Å². The molecular weight excluding hydrogens is 224 g/mol. The van der Waals surface area contributed by atoms with E-state index >= 15 is 0 Å². The smallest absolute Gasteiger partial charge is 0.239 e. The van der Waals surface area contributed by atoms with Crippen LogP contribution >= 0.6 is 0 Å². The minimum Gasteiger partial charge on any atom is -0.336 e. The highest BCUT2D eigenvalue weighted by Gasteiger charge is 2.37. The number of hydrogen-bond acceptors (Lipinski definition) is 2. The molecule has 0 aromatic heterocycles. The van der Waals surface area contributed by atoms with Gasteiger partial charge in [0.2, 0.25) is 5.91 Å². The molecule has 2 rings (SSSR count). The highest BCUT2D eigenvalue weighted by Crippen LogP contribution is 2.26. The van der Waals surface area contributed by atoms with E-state index < -0.39 is 0 Å². The Bertz CT molecular complexity index is 414. The van der Waals surface area contributed by atoms with Crippen molar-refractivity contribution in [2.24, 2.45) is 5.73 Å². The lowest BCUT2D eigenvalue weighted by molar-refractivity contribution is -0.133. The van der Waals surface area contributed by atoms with Crippen molar-refractivity contribution in [2.75, 3.05) is 6.54 Å². The molecule has 0 saturated carbocycles. The normalized spacial score (nSPS) is 20.5. The van der Waals surface area contributed by atoms with Gasteiger partial charge in [0.15, 0.2) is 0 Å². The molecule has 1 amide bonds. The van der Waals surface area contributed by atoms with Gasteiger partial charge in [-0.25, -0.2) is 0 Å². The average Bonchev–Trinajstić information content (AvgIpc) is 2.70. The molecular formula is C15H22N2O. The molecule has 1 aliphatic rings. The van der Waals surface area contributed by atoms with Crippen LogP contribution in [0.5, 0.6) is 0 Å². The SMILES string of the molecule is CC(C)(CCc1ccccc1)N1CCC(N)C1=O. The van der Waals surface area contributed by atoms with Crippen LogP contribution in [0.15, 0.2) is 30.3 Å². The average molecular weight is 246 g/mol. The summed E-state index contributed by atoms with van der Waals surface area (Å²) in [5.41, 5.74) is 6.99. The number of benzene rings is 1. The minimum atomic E-state index is -0.291. The number of nitrogens with zero attached hydrogens (tertiary/aromatic N) is 1. The van der Waals surface area contributed by atoms with Crippen molar-refractivity contribution in [1.82, 2.24) is 4.90 Å². The first-order valence-corrected chi connectivity index (χ1v) is 6.62. The Balaban J connectivity index is 1.97. The highest BCUT2D eigenvalue weighted by atomic mass is 16.2. The third kappa shape index (κ3) is 2.72. The molecule has 1 atom stereocenters. The van der Waals surface area contributed by atoms with E-state index in [1.165, 1.54) is 5.56 Å². The van der Waals surface area contributed by atoms with Gasteiger partial charge in [0.05, 0.1) is 6.04 Å². The van der Waals surface area contributed by atoms with Crippen LogP contribution in [0.1, 0.15) is 32.3 Å². The first-order chi connectivity index (χ1) is 8.50. The second-order valence-corrected chi connectivity index (χ2v) is 5.68. The van der Waals surface area contributed by atoms with Crippen molar-refractivity contribution < 1.29 is 4.79 Å². The topological polar surface area (TPSA) is 46.3 Å². The van der Waals surface area contributed by atoms with E-state index in [1.807, 2.05) is 11.0 Å². The van der Waals surface area contributed by atoms with E-state index in [9.17, 15) is 4.79 Å². The van der Waals surface area contributed by atoms with Crippen LogP contribution in [0.4, 0.5) is 0 Å². The molecule has 18 heavy (non-hydrogen) atoms. The van der Waals surface area contributed by atoms with Crippen molar-refractivity contribution in [3.63, 3.8) is 0 Å². The number of rotatable bonds is 4. The van der Waals surface area contributed by atoms with E-state index in [1.54, 1.807) is 0 Å². The number of likely N-dealkylation sites (tertiary alicyclic amines) is 1. The molecule has 3 heteroatoms. The van der Waals surface area contributed by atoms with Gasteiger partial charge >= 0.3 is 0 Å². The van der Waals surface area contributed by atoms with Crippen molar-refractivity contribution in [1.29, 1.82) is 0 Å². The van der Waals surface area contributed by atoms with Crippen molar-refractivity contribution in [2.45, 2.75) is 44.7 Å². The first-order valence-electron chi connectivity index (χ1n) is 6.62. The standard InChI is InChI=1S/C15H22N2O/c1-15(2,17-11-9-13(16)14(17)18)10-8-12-6-4-3-5-7-12/h3-7,13H,8-11,16H2,1-2H3. The molecule has 2 N–H and O–H groups in total. The number of amides is 1. The first kappa shape index (κ1) is 13.1. The fraction of sp³-hybridized carbons (Fsp3) is 0.533. The Labute approximate surface area is 109 Å². The molecule has 1 saturated heterocycles. The summed E-state index contributed by atoms with van der Waals surface area (Å²) in [7, 11) is 0. The van der Waals surface area contributed by atoms with Crippen LogP contribution in [-0.4, -0.2) is 28.9 Å². The third-order valence-electron chi connectivity index (χ3n) is 3.85. The van der Waals surface area contributed by atoms with Crippen LogP contribution in [0.25, 0.3) is 0 Å². The summed E-state index contributed by atoms with van der Waals surface area (Å²) in [5, 5.41) is 0. The van der Waals surface area contributed by atoms with Gasteiger partial charge in [-0.05, 0) is 38.7 Å². The minimum absolute atomic E-state index is 0.105. The summed E-state index contributed by atoms with van der Waals surface area (Å²) in [4.78, 5) is 13.9. The fourth-order valence-corrected chi connectivity index (χ4v) is 2.53. The second-order valence-electron chi connectivity index (χ2n) is 5.68. The Morgan fingerprint density at radius 3 is 2.56 bits per heavy atom. The van der Waals surface area contributed by atoms with Crippen molar-refractivity contribution >= 4 is 5.91 Å². The number of hydrogen-bond donors (Lipinski definition) is 1. The largest absolute Gasteiger partial charge is 0.336 e. The van der Waals surface area contributed by atoms with Gasteiger partial charge in [-0.1, -0.05) is 30.3 Å². The fourth-order valence-electron chi connectivity index (χ4n) is 2.53. The van der Waals surface area contributed by atoms with Gasteiger partial charge in [-0.2, -0.15) is 0 Å². The summed E-state index contributed by atoms with van der Waals surface area (Å²) in [6.07, 6.45) is 2.75. The maximum atomic E-state index is 12.0. The van der Waals surface area contributed by atoms with Crippen LogP contribution in [0.3, 0.4) is 0 Å². The predicted octanol–water partition coefficient (Wildman–Crippen LogP) is 1.96. The molecule has 1 aliphatic heterocycles. The molecule has 3 nitrogen and oxygen atoms in total. The van der Waals surface area contributed by atoms with Crippen LogP contribution in [0, 0.1) is 0 Å². The van der Waals surface area contributed by atoms with E-state index in [4.69, 9.17) is 5.73 Å². The Kier molecular flexibility index (Phi) is 3.71. The summed E-state index contributed by atoms with van der Waals surface area (Å²) >= 11 is 0. The molecule has 1 fully saturated rings. The number of aryl methyl sites for hydroxylation is 1. The van der Waals surface area contributed by atoms with Gasteiger partial charge in [0, 0.05) is 12.1 Å². The van der Waals surface area contributed by atoms with Crippen LogP contribution < -0.4 is 5.73 Å². The molecule has 1 heterocycles. The summed E-state index contributed by atoms with van der Waals surface area (Å²) in [6.45, 7) is 5.06. The maximum absolute atomic E-state index is 12.0. The predicted molar refractivity (Wildman–Crippen MR) is 73.1 cm³/mol. The maximum Gasteiger partial charge on any atom is 0.239 e.